The molecular formula is C19H23BrClNO3. The molecule has 1 atom stereocenters. The summed E-state index contributed by atoms with van der Waals surface area (Å²) in [7, 11) is 1.62. The van der Waals surface area contributed by atoms with Crippen molar-refractivity contribution in [1.82, 2.24) is 5.32 Å². The number of aliphatic hydroxyl groups excluding tert-OH is 1. The molecule has 4 nitrogen and oxygen atoms in total. The Hall–Kier alpha value is -1.27. The summed E-state index contributed by atoms with van der Waals surface area (Å²) in [6.07, 6.45) is 0.867. The van der Waals surface area contributed by atoms with Gasteiger partial charge in [-0.1, -0.05) is 46.6 Å². The van der Waals surface area contributed by atoms with Crippen LogP contribution in [0.15, 0.2) is 40.9 Å². The van der Waals surface area contributed by atoms with E-state index in [1.54, 1.807) is 7.11 Å². The maximum Gasteiger partial charge on any atom is 0.162 e. The summed E-state index contributed by atoms with van der Waals surface area (Å²) in [5, 5.41) is 13.3. The molecule has 2 N–H and O–H groups in total. The smallest absolute Gasteiger partial charge is 0.162 e. The number of methoxy groups -OCH3 is 1. The van der Waals surface area contributed by atoms with Crippen LogP contribution in [-0.4, -0.2) is 24.9 Å². The fraction of sp³-hybridized carbons (Fsp3) is 0.368. The molecule has 0 saturated heterocycles. The molecule has 0 aromatic heterocycles. The van der Waals surface area contributed by atoms with Crippen LogP contribution in [0.4, 0.5) is 0 Å². The molecule has 136 valence electrons. The van der Waals surface area contributed by atoms with Gasteiger partial charge in [0, 0.05) is 22.1 Å². The number of hydrogen-bond donors (Lipinski definition) is 2. The van der Waals surface area contributed by atoms with Gasteiger partial charge in [0.2, 0.25) is 0 Å². The minimum atomic E-state index is 0.0802. The van der Waals surface area contributed by atoms with Crippen LogP contribution in [0.5, 0.6) is 11.5 Å². The van der Waals surface area contributed by atoms with Crippen molar-refractivity contribution in [2.24, 2.45) is 0 Å². The molecule has 2 aromatic rings. The summed E-state index contributed by atoms with van der Waals surface area (Å²) in [5.74, 6) is 1.33. The van der Waals surface area contributed by atoms with Crippen molar-refractivity contribution in [2.75, 3.05) is 13.7 Å². The molecule has 0 heterocycles. The Morgan fingerprint density at radius 1 is 1.24 bits per heavy atom. The molecule has 0 aliphatic rings. The van der Waals surface area contributed by atoms with Crippen molar-refractivity contribution in [1.29, 1.82) is 0 Å². The van der Waals surface area contributed by atoms with Gasteiger partial charge in [-0.2, -0.15) is 0 Å². The molecule has 25 heavy (non-hydrogen) atoms. The summed E-state index contributed by atoms with van der Waals surface area (Å²) < 4.78 is 12.3. The van der Waals surface area contributed by atoms with E-state index < -0.39 is 0 Å². The zero-order chi connectivity index (χ0) is 18.2. The summed E-state index contributed by atoms with van der Waals surface area (Å²) >= 11 is 9.59. The van der Waals surface area contributed by atoms with Crippen LogP contribution in [0.1, 0.15) is 24.5 Å². The maximum atomic E-state index is 9.29. The molecule has 2 rings (SSSR count). The summed E-state index contributed by atoms with van der Waals surface area (Å²) in [6, 6.07) is 11.5. The van der Waals surface area contributed by atoms with Gasteiger partial charge in [-0.15, -0.1) is 0 Å². The van der Waals surface area contributed by atoms with Gasteiger partial charge in [-0.3, -0.25) is 0 Å². The van der Waals surface area contributed by atoms with E-state index in [0.717, 1.165) is 22.0 Å². The Morgan fingerprint density at radius 2 is 2.04 bits per heavy atom. The first-order valence-corrected chi connectivity index (χ1v) is 9.32. The van der Waals surface area contributed by atoms with Crippen LogP contribution in [0.25, 0.3) is 0 Å². The molecule has 0 amide bonds. The van der Waals surface area contributed by atoms with Gasteiger partial charge in [-0.25, -0.2) is 0 Å². The summed E-state index contributed by atoms with van der Waals surface area (Å²) in [6.45, 7) is 3.19. The van der Waals surface area contributed by atoms with Crippen molar-refractivity contribution in [3.05, 3.63) is 57.0 Å². The monoisotopic (exact) mass is 427 g/mol. The normalized spacial score (nSPS) is 12.0. The zero-order valence-corrected chi connectivity index (χ0v) is 16.7. The van der Waals surface area contributed by atoms with E-state index in [1.807, 2.05) is 43.3 Å². The third kappa shape index (κ3) is 5.89. The minimum Gasteiger partial charge on any atom is -0.493 e. The van der Waals surface area contributed by atoms with Crippen LogP contribution in [0, 0.1) is 0 Å². The highest BCUT2D eigenvalue weighted by atomic mass is 79.9. The standard InChI is InChI=1S/C19H23BrClNO3/c1-3-16(11-23)22-10-14-8-18(24-2)19(9-17(14)20)25-12-13-5-4-6-15(21)7-13/h4-9,16,22-23H,3,10-12H2,1-2H3. The Balaban J connectivity index is 2.10. The summed E-state index contributed by atoms with van der Waals surface area (Å²) in [4.78, 5) is 0. The largest absolute Gasteiger partial charge is 0.493 e. The molecule has 0 aliphatic carbocycles. The van der Waals surface area contributed by atoms with E-state index in [4.69, 9.17) is 21.1 Å². The van der Waals surface area contributed by atoms with E-state index in [9.17, 15) is 5.11 Å². The lowest BCUT2D eigenvalue weighted by Crippen LogP contribution is -2.31. The molecule has 1 unspecified atom stereocenters. The first kappa shape index (κ1) is 20.0. The van der Waals surface area contributed by atoms with Crippen LogP contribution in [-0.2, 0) is 13.2 Å². The Labute approximate surface area is 162 Å². The third-order valence-corrected chi connectivity index (χ3v) is 4.88. The SMILES string of the molecule is CCC(CO)NCc1cc(OC)c(OCc2cccc(Cl)c2)cc1Br. The number of halogens is 2. The lowest BCUT2D eigenvalue weighted by atomic mass is 10.1. The van der Waals surface area contributed by atoms with Crippen LogP contribution < -0.4 is 14.8 Å². The van der Waals surface area contributed by atoms with Crippen molar-refractivity contribution in [3.8, 4) is 11.5 Å². The second-order valence-electron chi connectivity index (χ2n) is 5.68. The highest BCUT2D eigenvalue weighted by molar-refractivity contribution is 9.10. The fourth-order valence-corrected chi connectivity index (χ4v) is 3.04. The molecule has 0 aliphatic heterocycles. The van der Waals surface area contributed by atoms with Gasteiger partial charge >= 0.3 is 0 Å². The second-order valence-corrected chi connectivity index (χ2v) is 6.97. The molecule has 0 fully saturated rings. The first-order chi connectivity index (χ1) is 12.1. The molecule has 0 bridgehead atoms. The lowest BCUT2D eigenvalue weighted by Gasteiger charge is -2.17. The van der Waals surface area contributed by atoms with Crippen LogP contribution in [0.3, 0.4) is 0 Å². The number of ether oxygens (including phenoxy) is 2. The van der Waals surface area contributed by atoms with Crippen molar-refractivity contribution >= 4 is 27.5 Å². The van der Waals surface area contributed by atoms with Gasteiger partial charge in [0.1, 0.15) is 6.61 Å². The molecule has 0 spiro atoms. The molecule has 0 radical (unpaired) electrons. The van der Waals surface area contributed by atoms with Gasteiger partial charge < -0.3 is 19.9 Å². The third-order valence-electron chi connectivity index (χ3n) is 3.91. The molecular weight excluding hydrogens is 406 g/mol. The Kier molecular flexibility index (Phi) is 8.03. The Morgan fingerprint density at radius 3 is 2.68 bits per heavy atom. The van der Waals surface area contributed by atoms with Crippen molar-refractivity contribution in [2.45, 2.75) is 32.5 Å². The average Bonchev–Trinajstić information content (AvgIpc) is 2.62. The number of rotatable bonds is 9. The molecule has 6 heteroatoms. The maximum absolute atomic E-state index is 9.29. The fourth-order valence-electron chi connectivity index (χ4n) is 2.37. The van der Waals surface area contributed by atoms with Gasteiger partial charge in [0.25, 0.3) is 0 Å². The number of hydrogen-bond acceptors (Lipinski definition) is 4. The van der Waals surface area contributed by atoms with Crippen LogP contribution >= 0.6 is 27.5 Å². The van der Waals surface area contributed by atoms with E-state index in [2.05, 4.69) is 21.2 Å². The van der Waals surface area contributed by atoms with E-state index in [-0.39, 0.29) is 12.6 Å². The topological polar surface area (TPSA) is 50.7 Å². The number of benzene rings is 2. The van der Waals surface area contributed by atoms with Crippen molar-refractivity contribution < 1.29 is 14.6 Å². The average molecular weight is 429 g/mol. The van der Waals surface area contributed by atoms with Gasteiger partial charge in [-0.05, 0) is 41.8 Å². The van der Waals surface area contributed by atoms with E-state index in [0.29, 0.717) is 29.7 Å². The van der Waals surface area contributed by atoms with Gasteiger partial charge in [0.05, 0.1) is 13.7 Å². The Bertz CT molecular complexity index is 692. The van der Waals surface area contributed by atoms with E-state index in [1.165, 1.54) is 0 Å². The van der Waals surface area contributed by atoms with Gasteiger partial charge in [0.15, 0.2) is 11.5 Å². The highest BCUT2D eigenvalue weighted by Gasteiger charge is 2.12. The predicted octanol–water partition coefficient (Wildman–Crippen LogP) is 4.55. The zero-order valence-electron chi connectivity index (χ0n) is 14.4. The number of nitrogens with one attached hydrogen (secondary N) is 1. The minimum absolute atomic E-state index is 0.0802. The highest BCUT2D eigenvalue weighted by Crippen LogP contribution is 2.34. The van der Waals surface area contributed by atoms with Crippen molar-refractivity contribution in [3.63, 3.8) is 0 Å². The lowest BCUT2D eigenvalue weighted by molar-refractivity contribution is 0.238. The summed E-state index contributed by atoms with van der Waals surface area (Å²) in [5.41, 5.74) is 2.03. The quantitative estimate of drug-likeness (QED) is 0.615. The molecule has 0 saturated carbocycles. The van der Waals surface area contributed by atoms with Crippen LogP contribution in [0.2, 0.25) is 5.02 Å². The first-order valence-electron chi connectivity index (χ1n) is 8.15. The second kappa shape index (κ2) is 10.0. The predicted molar refractivity (Wildman–Crippen MR) is 104 cm³/mol. The number of aliphatic hydroxyl groups is 1. The van der Waals surface area contributed by atoms with E-state index >= 15 is 0 Å². The molecule has 2 aromatic carbocycles.